The average Bonchev–Trinajstić information content (AvgIpc) is 2.71. The molecule has 1 rings (SSSR count). The molecule has 0 spiro atoms. The van der Waals surface area contributed by atoms with E-state index < -0.39 is 0 Å². The quantitative estimate of drug-likeness (QED) is 0.196. The van der Waals surface area contributed by atoms with E-state index in [-0.39, 0.29) is 5.82 Å². The average molecular weight is 406 g/mol. The van der Waals surface area contributed by atoms with Crippen molar-refractivity contribution < 1.29 is 4.39 Å². The van der Waals surface area contributed by atoms with Gasteiger partial charge < -0.3 is 0 Å². The van der Waals surface area contributed by atoms with E-state index in [0.29, 0.717) is 0 Å². The molecular weight excluding hydrogens is 357 g/mol. The summed E-state index contributed by atoms with van der Waals surface area (Å²) in [4.78, 5) is 2.56. The van der Waals surface area contributed by atoms with Crippen LogP contribution in [0.2, 0.25) is 0 Å². The van der Waals surface area contributed by atoms with Crippen LogP contribution in [0.5, 0.6) is 0 Å². The summed E-state index contributed by atoms with van der Waals surface area (Å²) in [6.07, 6.45) is 21.8. The van der Waals surface area contributed by atoms with E-state index in [1.54, 1.807) is 12.1 Å². The van der Waals surface area contributed by atoms with E-state index in [9.17, 15) is 4.39 Å². The Morgan fingerprint density at radius 2 is 1.07 bits per heavy atom. The minimum absolute atomic E-state index is 0.110. The van der Waals surface area contributed by atoms with Crippen molar-refractivity contribution in [2.45, 2.75) is 123 Å². The fourth-order valence-corrected chi connectivity index (χ4v) is 4.10. The van der Waals surface area contributed by atoms with Crippen LogP contribution >= 0.6 is 0 Å². The summed E-state index contributed by atoms with van der Waals surface area (Å²) < 4.78 is 13.6. The fourth-order valence-electron chi connectivity index (χ4n) is 4.10. The van der Waals surface area contributed by atoms with Crippen LogP contribution in [0.3, 0.4) is 0 Å². The number of unbranched alkanes of at least 4 members (excludes halogenated alkanes) is 14. The Labute approximate surface area is 181 Å². The van der Waals surface area contributed by atoms with Gasteiger partial charge in [-0.25, -0.2) is 4.39 Å². The minimum atomic E-state index is -0.110. The highest BCUT2D eigenvalue weighted by atomic mass is 19.1. The molecule has 0 N–H and O–H groups in total. The third-order valence-corrected chi connectivity index (χ3v) is 5.95. The van der Waals surface area contributed by atoms with Gasteiger partial charge in [0.15, 0.2) is 0 Å². The molecule has 0 radical (unpaired) electrons. The van der Waals surface area contributed by atoms with Gasteiger partial charge in [0.1, 0.15) is 5.82 Å². The zero-order chi connectivity index (χ0) is 21.0. The maximum Gasteiger partial charge on any atom is 0.123 e. The van der Waals surface area contributed by atoms with E-state index in [2.05, 4.69) is 24.8 Å². The molecule has 0 aliphatic carbocycles. The van der Waals surface area contributed by atoms with Crippen LogP contribution in [-0.2, 0) is 6.54 Å². The van der Waals surface area contributed by atoms with E-state index >= 15 is 0 Å². The number of nitrogens with zero attached hydrogens (tertiary/aromatic N) is 1. The number of rotatable bonds is 20. The second kappa shape index (κ2) is 19.1. The third-order valence-electron chi connectivity index (χ3n) is 5.95. The molecule has 0 saturated heterocycles. The summed E-state index contributed by atoms with van der Waals surface area (Å²) >= 11 is 0. The van der Waals surface area contributed by atoms with Gasteiger partial charge in [-0.1, -0.05) is 116 Å². The normalized spacial score (nSPS) is 11.4. The molecule has 1 nitrogen and oxygen atoms in total. The summed E-state index contributed by atoms with van der Waals surface area (Å²) in [6.45, 7) is 7.76. The van der Waals surface area contributed by atoms with Gasteiger partial charge in [0, 0.05) is 6.54 Å². The van der Waals surface area contributed by atoms with Crippen LogP contribution in [0.1, 0.15) is 122 Å². The van der Waals surface area contributed by atoms with Crippen LogP contribution in [0, 0.1) is 5.82 Å². The lowest BCUT2D eigenvalue weighted by Crippen LogP contribution is -2.25. The van der Waals surface area contributed by atoms with Crippen LogP contribution in [-0.4, -0.2) is 18.0 Å². The van der Waals surface area contributed by atoms with Gasteiger partial charge >= 0.3 is 0 Å². The highest BCUT2D eigenvalue weighted by molar-refractivity contribution is 5.16. The first kappa shape index (κ1) is 26.1. The van der Waals surface area contributed by atoms with Gasteiger partial charge in [-0.2, -0.15) is 0 Å². The number of benzene rings is 1. The molecule has 0 fully saturated rings. The predicted octanol–water partition coefficient (Wildman–Crippen LogP) is 8.91. The van der Waals surface area contributed by atoms with Gasteiger partial charge in [-0.05, 0) is 43.6 Å². The molecule has 0 bridgehead atoms. The third kappa shape index (κ3) is 15.6. The Balaban J connectivity index is 2.24. The highest BCUT2D eigenvalue weighted by Crippen LogP contribution is 2.14. The van der Waals surface area contributed by atoms with Crippen molar-refractivity contribution in [2.24, 2.45) is 0 Å². The summed E-state index contributed by atoms with van der Waals surface area (Å²) in [5.41, 5.74) is 1.11. The van der Waals surface area contributed by atoms with Crippen molar-refractivity contribution in [3.05, 3.63) is 35.6 Å². The number of hydrogen-bond acceptors (Lipinski definition) is 1. The molecule has 0 unspecified atom stereocenters. The summed E-state index contributed by atoms with van der Waals surface area (Å²) in [5, 5.41) is 0. The molecule has 0 atom stereocenters. The van der Waals surface area contributed by atoms with Crippen molar-refractivity contribution in [3.63, 3.8) is 0 Å². The van der Waals surface area contributed by atoms with Gasteiger partial charge in [0.05, 0.1) is 0 Å². The standard InChI is InChI=1S/C27H48FN/c1-3-5-7-9-11-13-15-17-22-29(25-26-20-19-21-27(28)24-26)23-18-16-14-12-10-8-6-4-2/h19-21,24H,3-18,22-23,25H2,1-2H3. The molecule has 0 aliphatic rings. The topological polar surface area (TPSA) is 3.24 Å². The lowest BCUT2D eigenvalue weighted by Gasteiger charge is -2.22. The molecule has 0 aliphatic heterocycles. The summed E-state index contributed by atoms with van der Waals surface area (Å²) in [6, 6.07) is 7.16. The smallest absolute Gasteiger partial charge is 0.123 e. The van der Waals surface area contributed by atoms with Crippen LogP contribution < -0.4 is 0 Å². The summed E-state index contributed by atoms with van der Waals surface area (Å²) in [7, 11) is 0. The maximum absolute atomic E-state index is 13.6. The van der Waals surface area contributed by atoms with Crippen LogP contribution in [0.15, 0.2) is 24.3 Å². The summed E-state index contributed by atoms with van der Waals surface area (Å²) in [5.74, 6) is -0.110. The Morgan fingerprint density at radius 3 is 1.52 bits per heavy atom. The Morgan fingerprint density at radius 1 is 0.621 bits per heavy atom. The maximum atomic E-state index is 13.6. The van der Waals surface area contributed by atoms with Crippen molar-refractivity contribution in [1.82, 2.24) is 4.90 Å². The van der Waals surface area contributed by atoms with E-state index in [0.717, 1.165) is 25.2 Å². The largest absolute Gasteiger partial charge is 0.299 e. The molecule has 29 heavy (non-hydrogen) atoms. The SMILES string of the molecule is CCCCCCCCCCN(CCCCCCCCCC)Cc1cccc(F)c1. The molecule has 0 saturated carbocycles. The predicted molar refractivity (Wildman–Crippen MR) is 127 cm³/mol. The van der Waals surface area contributed by atoms with Crippen molar-refractivity contribution in [2.75, 3.05) is 13.1 Å². The van der Waals surface area contributed by atoms with Gasteiger partial charge in [0.25, 0.3) is 0 Å². The number of hydrogen-bond donors (Lipinski definition) is 0. The van der Waals surface area contributed by atoms with Crippen molar-refractivity contribution in [1.29, 1.82) is 0 Å². The van der Waals surface area contributed by atoms with Gasteiger partial charge in [-0.15, -0.1) is 0 Å². The van der Waals surface area contributed by atoms with Crippen LogP contribution in [0.25, 0.3) is 0 Å². The first-order chi connectivity index (χ1) is 14.3. The lowest BCUT2D eigenvalue weighted by molar-refractivity contribution is 0.252. The second-order valence-electron chi connectivity index (χ2n) is 8.86. The Bertz CT molecular complexity index is 453. The zero-order valence-corrected chi connectivity index (χ0v) is 19.6. The zero-order valence-electron chi connectivity index (χ0n) is 19.6. The molecule has 0 amide bonds. The van der Waals surface area contributed by atoms with E-state index in [4.69, 9.17) is 0 Å². The minimum Gasteiger partial charge on any atom is -0.299 e. The van der Waals surface area contributed by atoms with E-state index in [1.807, 2.05) is 6.07 Å². The molecular formula is C27H48FN. The first-order valence-corrected chi connectivity index (χ1v) is 12.7. The first-order valence-electron chi connectivity index (χ1n) is 12.7. The monoisotopic (exact) mass is 405 g/mol. The Hall–Kier alpha value is -0.890. The van der Waals surface area contributed by atoms with Crippen molar-refractivity contribution >= 4 is 0 Å². The molecule has 168 valence electrons. The lowest BCUT2D eigenvalue weighted by atomic mass is 10.1. The highest BCUT2D eigenvalue weighted by Gasteiger charge is 2.07. The second-order valence-corrected chi connectivity index (χ2v) is 8.86. The molecule has 1 aromatic carbocycles. The Kier molecular flexibility index (Phi) is 17.2. The molecule has 0 aromatic heterocycles. The fraction of sp³-hybridized carbons (Fsp3) is 0.778. The van der Waals surface area contributed by atoms with Gasteiger partial charge in [0.2, 0.25) is 0 Å². The van der Waals surface area contributed by atoms with Crippen LogP contribution in [0.4, 0.5) is 4.39 Å². The molecule has 2 heteroatoms. The molecule has 1 aromatic rings. The molecule has 0 heterocycles. The van der Waals surface area contributed by atoms with Gasteiger partial charge in [-0.3, -0.25) is 4.90 Å². The van der Waals surface area contributed by atoms with Crippen molar-refractivity contribution in [3.8, 4) is 0 Å². The number of halogens is 1. The van der Waals surface area contributed by atoms with E-state index in [1.165, 1.54) is 103 Å².